The van der Waals surface area contributed by atoms with Gasteiger partial charge >= 0.3 is 0 Å². The molecule has 1 amide bonds. The Hall–Kier alpha value is -0.330. The summed E-state index contributed by atoms with van der Waals surface area (Å²) in [7, 11) is -3.09. The van der Waals surface area contributed by atoms with E-state index >= 15 is 0 Å². The van der Waals surface area contributed by atoms with Gasteiger partial charge in [0.05, 0.1) is 5.75 Å². The third-order valence-electron chi connectivity index (χ3n) is 3.24. The lowest BCUT2D eigenvalue weighted by atomic mass is 10.1. The summed E-state index contributed by atoms with van der Waals surface area (Å²) in [4.78, 5) is 11.6. The van der Waals surface area contributed by atoms with Gasteiger partial charge in [-0.1, -0.05) is 6.92 Å². The number of hydrogen-bond acceptors (Lipinski definition) is 3. The van der Waals surface area contributed by atoms with Crippen LogP contribution in [0.3, 0.4) is 0 Å². The zero-order valence-corrected chi connectivity index (χ0v) is 12.4. The van der Waals surface area contributed by atoms with Crippen LogP contribution in [0, 0.1) is 5.92 Å². The van der Waals surface area contributed by atoms with Crippen molar-refractivity contribution >= 4 is 27.5 Å². The van der Waals surface area contributed by atoms with Crippen LogP contribution in [0.15, 0.2) is 0 Å². The SMILES string of the molecule is CCS(=O)(=O)N1CCC(NC(=O)C(C)CCl)CC1. The van der Waals surface area contributed by atoms with Crippen molar-refractivity contribution < 1.29 is 13.2 Å². The Kier molecular flexibility index (Phi) is 5.88. The van der Waals surface area contributed by atoms with Gasteiger partial charge in [-0.05, 0) is 19.8 Å². The van der Waals surface area contributed by atoms with E-state index in [1.54, 1.807) is 13.8 Å². The fourth-order valence-corrected chi connectivity index (χ4v) is 3.15. The molecule has 0 bridgehead atoms. The predicted octanol–water partition coefficient (Wildman–Crippen LogP) is 0.792. The Morgan fingerprint density at radius 2 is 2.00 bits per heavy atom. The summed E-state index contributed by atoms with van der Waals surface area (Å²) < 4.78 is 24.8. The van der Waals surface area contributed by atoms with Crippen molar-refractivity contribution in [3.63, 3.8) is 0 Å². The van der Waals surface area contributed by atoms with Crippen LogP contribution in [-0.4, -0.2) is 49.4 Å². The lowest BCUT2D eigenvalue weighted by Crippen LogP contribution is -2.48. The van der Waals surface area contributed by atoms with Crippen LogP contribution in [0.2, 0.25) is 0 Å². The molecule has 1 aliphatic heterocycles. The Morgan fingerprint density at radius 1 is 1.44 bits per heavy atom. The number of sulfonamides is 1. The highest BCUT2D eigenvalue weighted by Gasteiger charge is 2.27. The zero-order valence-electron chi connectivity index (χ0n) is 10.9. The second-order valence-corrected chi connectivity index (χ2v) is 7.20. The van der Waals surface area contributed by atoms with Gasteiger partial charge < -0.3 is 5.32 Å². The van der Waals surface area contributed by atoms with Crippen molar-refractivity contribution in [2.45, 2.75) is 32.7 Å². The standard InChI is InChI=1S/C11H21ClN2O3S/c1-3-18(16,17)14-6-4-10(5-7-14)13-11(15)9(2)8-12/h9-10H,3-8H2,1-2H3,(H,13,15). The molecule has 0 radical (unpaired) electrons. The molecular formula is C11H21ClN2O3S. The molecule has 0 saturated carbocycles. The molecule has 0 aliphatic carbocycles. The number of nitrogens with one attached hydrogen (secondary N) is 1. The monoisotopic (exact) mass is 296 g/mol. The summed E-state index contributed by atoms with van der Waals surface area (Å²) in [6.45, 7) is 4.39. The first kappa shape index (κ1) is 15.7. The molecule has 0 aromatic rings. The molecule has 0 aromatic carbocycles. The van der Waals surface area contributed by atoms with E-state index in [4.69, 9.17) is 11.6 Å². The average molecular weight is 297 g/mol. The molecule has 5 nitrogen and oxygen atoms in total. The van der Waals surface area contributed by atoms with Crippen molar-refractivity contribution in [2.24, 2.45) is 5.92 Å². The number of carbonyl (C=O) groups excluding carboxylic acids is 1. The van der Waals surface area contributed by atoms with Gasteiger partial charge in [-0.25, -0.2) is 12.7 Å². The van der Waals surface area contributed by atoms with E-state index in [0.29, 0.717) is 31.8 Å². The summed E-state index contributed by atoms with van der Waals surface area (Å²) >= 11 is 5.62. The van der Waals surface area contributed by atoms with Gasteiger partial charge in [0.2, 0.25) is 15.9 Å². The summed E-state index contributed by atoms with van der Waals surface area (Å²) in [5, 5.41) is 2.91. The van der Waals surface area contributed by atoms with E-state index in [0.717, 1.165) is 0 Å². The number of nitrogens with zero attached hydrogens (tertiary/aromatic N) is 1. The smallest absolute Gasteiger partial charge is 0.224 e. The molecule has 0 spiro atoms. The Labute approximate surface area is 114 Å². The van der Waals surface area contributed by atoms with Crippen LogP contribution in [0.4, 0.5) is 0 Å². The quantitative estimate of drug-likeness (QED) is 0.763. The third-order valence-corrected chi connectivity index (χ3v) is 5.58. The van der Waals surface area contributed by atoms with Crippen LogP contribution in [0.1, 0.15) is 26.7 Å². The van der Waals surface area contributed by atoms with Crippen LogP contribution in [-0.2, 0) is 14.8 Å². The molecule has 1 rings (SSSR count). The second kappa shape index (κ2) is 6.73. The molecule has 106 valence electrons. The van der Waals surface area contributed by atoms with E-state index in [1.807, 2.05) is 0 Å². The third kappa shape index (κ3) is 4.10. The lowest BCUT2D eigenvalue weighted by Gasteiger charge is -2.31. The van der Waals surface area contributed by atoms with E-state index in [2.05, 4.69) is 5.32 Å². The molecule has 1 heterocycles. The number of rotatable bonds is 5. The minimum absolute atomic E-state index is 0.0539. The van der Waals surface area contributed by atoms with Crippen molar-refractivity contribution in [3.05, 3.63) is 0 Å². The summed E-state index contributed by atoms with van der Waals surface area (Å²) in [5.74, 6) is 0.174. The van der Waals surface area contributed by atoms with E-state index in [-0.39, 0.29) is 23.6 Å². The van der Waals surface area contributed by atoms with E-state index in [9.17, 15) is 13.2 Å². The van der Waals surface area contributed by atoms with Crippen LogP contribution < -0.4 is 5.32 Å². The lowest BCUT2D eigenvalue weighted by molar-refractivity contribution is -0.124. The molecule has 7 heteroatoms. The number of carbonyl (C=O) groups is 1. The minimum atomic E-state index is -3.09. The summed E-state index contributed by atoms with van der Waals surface area (Å²) in [6, 6.07) is 0.0615. The van der Waals surface area contributed by atoms with Gasteiger partial charge in [0.1, 0.15) is 0 Å². The molecule has 1 aliphatic rings. The average Bonchev–Trinajstić information content (AvgIpc) is 2.38. The molecule has 1 unspecified atom stereocenters. The molecule has 1 atom stereocenters. The van der Waals surface area contributed by atoms with Crippen molar-refractivity contribution in [3.8, 4) is 0 Å². The van der Waals surface area contributed by atoms with Crippen molar-refractivity contribution in [1.82, 2.24) is 9.62 Å². The molecular weight excluding hydrogens is 276 g/mol. The van der Waals surface area contributed by atoms with E-state index < -0.39 is 10.0 Å². The van der Waals surface area contributed by atoms with Crippen molar-refractivity contribution in [1.29, 1.82) is 0 Å². The van der Waals surface area contributed by atoms with Crippen LogP contribution >= 0.6 is 11.6 Å². The number of amides is 1. The predicted molar refractivity (Wildman–Crippen MR) is 72.1 cm³/mol. The molecule has 0 aromatic heterocycles. The van der Waals surface area contributed by atoms with Gasteiger partial charge in [0.15, 0.2) is 0 Å². The summed E-state index contributed by atoms with van der Waals surface area (Å²) in [6.07, 6.45) is 1.33. The first-order valence-electron chi connectivity index (χ1n) is 6.24. The molecule has 1 saturated heterocycles. The van der Waals surface area contributed by atoms with E-state index in [1.165, 1.54) is 4.31 Å². The number of hydrogen-bond donors (Lipinski definition) is 1. The van der Waals surface area contributed by atoms with Gasteiger partial charge in [0.25, 0.3) is 0 Å². The highest BCUT2D eigenvalue weighted by atomic mass is 35.5. The van der Waals surface area contributed by atoms with Gasteiger partial charge in [-0.3, -0.25) is 4.79 Å². The zero-order chi connectivity index (χ0) is 13.8. The second-order valence-electron chi connectivity index (χ2n) is 4.64. The Bertz CT molecular complexity index is 378. The van der Waals surface area contributed by atoms with Gasteiger partial charge in [-0.2, -0.15) is 0 Å². The van der Waals surface area contributed by atoms with Gasteiger partial charge in [0, 0.05) is 30.9 Å². The Balaban J connectivity index is 2.43. The molecule has 1 fully saturated rings. The maximum absolute atomic E-state index is 11.7. The number of halogens is 1. The Morgan fingerprint density at radius 3 is 2.44 bits per heavy atom. The maximum Gasteiger partial charge on any atom is 0.224 e. The summed E-state index contributed by atoms with van der Waals surface area (Å²) in [5.41, 5.74) is 0. The maximum atomic E-state index is 11.7. The highest BCUT2D eigenvalue weighted by molar-refractivity contribution is 7.89. The minimum Gasteiger partial charge on any atom is -0.353 e. The highest BCUT2D eigenvalue weighted by Crippen LogP contribution is 2.15. The number of piperidine rings is 1. The fraction of sp³-hybridized carbons (Fsp3) is 0.909. The van der Waals surface area contributed by atoms with Gasteiger partial charge in [-0.15, -0.1) is 11.6 Å². The van der Waals surface area contributed by atoms with Crippen molar-refractivity contribution in [2.75, 3.05) is 24.7 Å². The first-order chi connectivity index (χ1) is 8.40. The van der Waals surface area contributed by atoms with Crippen LogP contribution in [0.5, 0.6) is 0 Å². The molecule has 18 heavy (non-hydrogen) atoms. The topological polar surface area (TPSA) is 66.5 Å². The largest absolute Gasteiger partial charge is 0.353 e. The number of alkyl halides is 1. The molecule has 1 N–H and O–H groups in total. The normalized spacial score (nSPS) is 20.6. The first-order valence-corrected chi connectivity index (χ1v) is 8.39. The van der Waals surface area contributed by atoms with Crippen LogP contribution in [0.25, 0.3) is 0 Å². The fourth-order valence-electron chi connectivity index (χ4n) is 1.87.